The van der Waals surface area contributed by atoms with E-state index in [-0.39, 0.29) is 39.8 Å². The number of ether oxygens (including phenoxy) is 1. The molecule has 0 spiro atoms. The number of Topliss-reactive ketones (excluding diaryl/α,β-unsaturated/α-hetero) is 1. The van der Waals surface area contributed by atoms with Crippen LogP contribution in [0.1, 0.15) is 100 Å². The van der Waals surface area contributed by atoms with Gasteiger partial charge in [-0.15, -0.1) is 0 Å². The molecule has 10 atom stereocenters. The van der Waals surface area contributed by atoms with E-state index >= 15 is 0 Å². The van der Waals surface area contributed by atoms with Crippen molar-refractivity contribution in [2.75, 3.05) is 0 Å². The Morgan fingerprint density at radius 3 is 2.03 bits per heavy atom. The molecule has 0 radical (unpaired) electrons. The molecule has 0 aromatic heterocycles. The number of fused-ring (bicyclic) bond motifs is 5. The van der Waals surface area contributed by atoms with Crippen LogP contribution in [0.2, 0.25) is 0 Å². The minimum Gasteiger partial charge on any atom is -0.462 e. The average Bonchev–Trinajstić information content (AvgIpc) is 2.77. The van der Waals surface area contributed by atoms with Gasteiger partial charge < -0.3 is 9.53 Å². The van der Waals surface area contributed by atoms with E-state index in [0.717, 1.165) is 25.5 Å². The van der Waals surface area contributed by atoms with Crippen LogP contribution in [-0.4, -0.2) is 36.2 Å². The summed E-state index contributed by atoms with van der Waals surface area (Å²) in [6, 6.07) is 0. The second-order valence-electron chi connectivity index (χ2n) is 14.0. The van der Waals surface area contributed by atoms with Gasteiger partial charge in [-0.25, -0.2) is 4.79 Å². The quantitative estimate of drug-likeness (QED) is 0.206. The minimum atomic E-state index is -0.781. The molecule has 4 fully saturated rings. The minimum absolute atomic E-state index is 0.0581. The van der Waals surface area contributed by atoms with Crippen LogP contribution < -0.4 is 0 Å². The van der Waals surface area contributed by atoms with Gasteiger partial charge >= 0.3 is 11.9 Å². The molecule has 0 unspecified atom stereocenters. The van der Waals surface area contributed by atoms with Crippen LogP contribution in [-0.2, 0) is 33.7 Å². The van der Waals surface area contributed by atoms with Gasteiger partial charge in [0.1, 0.15) is 24.3 Å². The summed E-state index contributed by atoms with van der Waals surface area (Å²) < 4.78 is 6.09. The first-order valence-electron chi connectivity index (χ1n) is 14.1. The molecule has 7 heteroatoms. The molecular weight excluding hydrogens is 472 g/mol. The molecule has 7 nitrogen and oxygen atoms in total. The first-order chi connectivity index (χ1) is 17.1. The first-order valence-corrected chi connectivity index (χ1v) is 14.1. The van der Waals surface area contributed by atoms with E-state index in [1.165, 1.54) is 33.6 Å². The number of hydrogen-bond acceptors (Lipinski definition) is 7. The predicted molar refractivity (Wildman–Crippen MR) is 137 cm³/mol. The van der Waals surface area contributed by atoms with E-state index in [1.54, 1.807) is 0 Å². The zero-order valence-electron chi connectivity index (χ0n) is 23.9. The van der Waals surface area contributed by atoms with Crippen molar-refractivity contribution in [1.82, 2.24) is 0 Å². The lowest BCUT2D eigenvalue weighted by molar-refractivity contribution is -0.333. The first kappa shape index (κ1) is 28.3. The van der Waals surface area contributed by atoms with E-state index < -0.39 is 35.4 Å². The van der Waals surface area contributed by atoms with E-state index in [4.69, 9.17) is 14.5 Å². The molecule has 4 aliphatic rings. The number of hydrogen-bond donors (Lipinski definition) is 0. The Labute approximate surface area is 221 Å². The maximum Gasteiger partial charge on any atom is 0.339 e. The number of esters is 1. The Morgan fingerprint density at radius 1 is 0.811 bits per heavy atom. The van der Waals surface area contributed by atoms with Crippen LogP contribution in [0.25, 0.3) is 0 Å². The second-order valence-corrected chi connectivity index (χ2v) is 14.0. The van der Waals surface area contributed by atoms with E-state index in [0.29, 0.717) is 18.8 Å². The molecular formula is C30H46O7. The van der Waals surface area contributed by atoms with Crippen molar-refractivity contribution in [3.05, 3.63) is 0 Å². The van der Waals surface area contributed by atoms with Gasteiger partial charge in [0.25, 0.3) is 0 Å². The van der Waals surface area contributed by atoms with Crippen molar-refractivity contribution in [2.45, 2.75) is 113 Å². The van der Waals surface area contributed by atoms with Crippen molar-refractivity contribution in [3.8, 4) is 0 Å². The third kappa shape index (κ3) is 4.28. The molecule has 0 aromatic carbocycles. The lowest BCUT2D eigenvalue weighted by Gasteiger charge is -2.71. The van der Waals surface area contributed by atoms with Crippen LogP contribution >= 0.6 is 0 Å². The van der Waals surface area contributed by atoms with Crippen LogP contribution in [0.15, 0.2) is 0 Å². The zero-order valence-corrected chi connectivity index (χ0v) is 23.9. The molecule has 4 saturated carbocycles. The topological polar surface area (TPSA) is 96.0 Å². The van der Waals surface area contributed by atoms with Crippen LogP contribution in [0.4, 0.5) is 0 Å². The highest BCUT2D eigenvalue weighted by molar-refractivity contribution is 5.83. The van der Waals surface area contributed by atoms with Crippen LogP contribution in [0, 0.1) is 51.2 Å². The van der Waals surface area contributed by atoms with E-state index in [9.17, 15) is 19.2 Å². The fraction of sp³-hybridized carbons (Fsp3) is 0.867. The van der Waals surface area contributed by atoms with Crippen LogP contribution in [0.3, 0.4) is 0 Å². The molecule has 0 saturated heterocycles. The van der Waals surface area contributed by atoms with Crippen LogP contribution in [0.5, 0.6) is 0 Å². The fourth-order valence-electron chi connectivity index (χ4n) is 10.4. The Bertz CT molecular complexity index is 958. The SMILES string of the molecule is CC(=O)OO[C@H]1C[C@H]2[C@]3(C)CC[C@H]4C(C)(C)CCC[C@]4(C)[C@H]3C[C@H](OC(C)=O)[C@]2(C)[C@@H](C=O)[C@@H]1C(C)=O. The Balaban J connectivity index is 1.86. The summed E-state index contributed by atoms with van der Waals surface area (Å²) in [5.74, 6) is -1.85. The number of rotatable bonds is 5. The van der Waals surface area contributed by atoms with Crippen molar-refractivity contribution in [1.29, 1.82) is 0 Å². The number of ketones is 1. The summed E-state index contributed by atoms with van der Waals surface area (Å²) >= 11 is 0. The highest BCUT2D eigenvalue weighted by atomic mass is 17.2. The second kappa shape index (κ2) is 9.46. The van der Waals surface area contributed by atoms with E-state index in [1.807, 2.05) is 6.92 Å². The van der Waals surface area contributed by atoms with Gasteiger partial charge in [0.05, 0.1) is 5.92 Å². The van der Waals surface area contributed by atoms with Gasteiger partial charge in [0.2, 0.25) is 0 Å². The van der Waals surface area contributed by atoms with Gasteiger partial charge in [0.15, 0.2) is 0 Å². The summed E-state index contributed by atoms with van der Waals surface area (Å²) in [6.07, 6.45) is 6.45. The van der Waals surface area contributed by atoms with Gasteiger partial charge in [0, 0.05) is 25.2 Å². The molecule has 208 valence electrons. The maximum atomic E-state index is 13.0. The van der Waals surface area contributed by atoms with Crippen molar-refractivity contribution in [3.63, 3.8) is 0 Å². The van der Waals surface area contributed by atoms with Gasteiger partial charge in [-0.05, 0) is 79.4 Å². The van der Waals surface area contributed by atoms with E-state index in [2.05, 4.69) is 27.7 Å². The lowest BCUT2D eigenvalue weighted by Crippen LogP contribution is -2.70. The fourth-order valence-corrected chi connectivity index (χ4v) is 10.4. The Kier molecular flexibility index (Phi) is 7.22. The molecule has 0 heterocycles. The molecule has 0 amide bonds. The predicted octanol–water partition coefficient (Wildman–Crippen LogP) is 5.48. The van der Waals surface area contributed by atoms with Crippen molar-refractivity contribution >= 4 is 24.0 Å². The third-order valence-electron chi connectivity index (χ3n) is 11.7. The smallest absolute Gasteiger partial charge is 0.339 e. The van der Waals surface area contributed by atoms with Crippen molar-refractivity contribution in [2.24, 2.45) is 51.2 Å². The summed E-state index contributed by atoms with van der Waals surface area (Å²) in [4.78, 5) is 60.4. The summed E-state index contributed by atoms with van der Waals surface area (Å²) in [5, 5.41) is 0. The number of carbonyl (C=O) groups excluding carboxylic acids is 4. The van der Waals surface area contributed by atoms with Crippen molar-refractivity contribution < 1.29 is 33.7 Å². The van der Waals surface area contributed by atoms with Gasteiger partial charge in [-0.1, -0.05) is 41.0 Å². The molecule has 4 rings (SSSR count). The Hall–Kier alpha value is -1.76. The number of carbonyl (C=O) groups is 4. The molecule has 0 N–H and O–H groups in total. The molecule has 4 aliphatic carbocycles. The lowest BCUT2D eigenvalue weighted by atomic mass is 9.34. The average molecular weight is 519 g/mol. The highest BCUT2D eigenvalue weighted by Crippen LogP contribution is 2.73. The third-order valence-corrected chi connectivity index (χ3v) is 11.7. The highest BCUT2D eigenvalue weighted by Gasteiger charge is 2.71. The zero-order chi connectivity index (χ0) is 27.6. The summed E-state index contributed by atoms with van der Waals surface area (Å²) in [7, 11) is 0. The summed E-state index contributed by atoms with van der Waals surface area (Å²) in [6.45, 7) is 15.8. The maximum absolute atomic E-state index is 13.0. The largest absolute Gasteiger partial charge is 0.462 e. The monoisotopic (exact) mass is 518 g/mol. The summed E-state index contributed by atoms with van der Waals surface area (Å²) in [5.41, 5.74) is -0.567. The van der Waals surface area contributed by atoms with Gasteiger partial charge in [-0.3, -0.25) is 14.5 Å². The molecule has 0 aliphatic heterocycles. The Morgan fingerprint density at radius 2 is 1.46 bits per heavy atom. The normalized spacial score (nSPS) is 46.4. The van der Waals surface area contributed by atoms with Gasteiger partial charge in [-0.2, -0.15) is 4.89 Å². The molecule has 37 heavy (non-hydrogen) atoms. The molecule has 0 bridgehead atoms. The standard InChI is InChI=1S/C30H46O7/c1-17(32)26-20(16-31)30(8)24(14-21(26)37-36-19(3)34)29(7)13-10-22-27(4,5)11-9-12-28(22,6)23(29)15-25(30)35-18(2)33/h16,20-26H,9-15H2,1-8H3/t20-,21-,22-,23+,24-,25-,26-,28-,29+,30+/m0/s1. The number of aldehydes is 1. The molecule has 0 aromatic rings.